The minimum absolute atomic E-state index is 0.0767. The molecule has 0 aliphatic carbocycles. The van der Waals surface area contributed by atoms with E-state index in [1.807, 2.05) is 42.5 Å². The number of hydrogen-bond acceptors (Lipinski definition) is 7. The zero-order valence-electron chi connectivity index (χ0n) is 16.7. The molecule has 32 heavy (non-hydrogen) atoms. The Balaban J connectivity index is 1.42. The lowest BCUT2D eigenvalue weighted by Crippen LogP contribution is -1.96. The fourth-order valence-electron chi connectivity index (χ4n) is 3.00. The smallest absolute Gasteiger partial charge is 0.294 e. The SMILES string of the molecule is O=S(=O)(O)c1ccc(N=Nc2ccc(CN=Nc3c(O)ccc4ccccc34)cc2)cc1. The van der Waals surface area contributed by atoms with E-state index in [0.717, 1.165) is 16.3 Å². The molecule has 0 saturated heterocycles. The Kier molecular flexibility index (Phi) is 6.02. The second-order valence-corrected chi connectivity index (χ2v) is 8.31. The van der Waals surface area contributed by atoms with Gasteiger partial charge in [0.1, 0.15) is 11.4 Å². The van der Waals surface area contributed by atoms with Gasteiger partial charge in [0, 0.05) is 5.39 Å². The maximum absolute atomic E-state index is 11.1. The van der Waals surface area contributed by atoms with Gasteiger partial charge in [0.15, 0.2) is 0 Å². The van der Waals surface area contributed by atoms with Gasteiger partial charge in [-0.05, 0) is 53.4 Å². The maximum Gasteiger partial charge on any atom is 0.294 e. The predicted octanol–water partition coefficient (Wildman–Crippen LogP) is 6.49. The lowest BCUT2D eigenvalue weighted by Gasteiger charge is -2.03. The maximum atomic E-state index is 11.1. The van der Waals surface area contributed by atoms with Crippen molar-refractivity contribution in [2.24, 2.45) is 20.5 Å². The Morgan fingerprint density at radius 3 is 2.00 bits per heavy atom. The molecule has 4 aromatic carbocycles. The normalized spacial score (nSPS) is 12.2. The van der Waals surface area contributed by atoms with Crippen molar-refractivity contribution < 1.29 is 18.1 Å². The molecule has 0 atom stereocenters. The Bertz CT molecular complexity index is 1420. The highest BCUT2D eigenvalue weighted by Crippen LogP contribution is 2.35. The summed E-state index contributed by atoms with van der Waals surface area (Å²) in [7, 11) is -4.23. The van der Waals surface area contributed by atoms with E-state index in [4.69, 9.17) is 4.55 Å². The lowest BCUT2D eigenvalue weighted by atomic mass is 10.1. The fraction of sp³-hybridized carbons (Fsp3) is 0.0435. The van der Waals surface area contributed by atoms with Crippen LogP contribution in [0.5, 0.6) is 5.75 Å². The number of azo groups is 2. The summed E-state index contributed by atoms with van der Waals surface area (Å²) in [4.78, 5) is -0.202. The van der Waals surface area contributed by atoms with Crippen molar-refractivity contribution in [3.05, 3.63) is 90.5 Å². The largest absolute Gasteiger partial charge is 0.506 e. The molecular weight excluding hydrogens is 428 g/mol. The predicted molar refractivity (Wildman–Crippen MR) is 121 cm³/mol. The average Bonchev–Trinajstić information content (AvgIpc) is 2.79. The molecule has 4 rings (SSSR count). The van der Waals surface area contributed by atoms with E-state index in [-0.39, 0.29) is 10.6 Å². The fourth-order valence-corrected chi connectivity index (χ4v) is 3.48. The van der Waals surface area contributed by atoms with Crippen LogP contribution >= 0.6 is 0 Å². The molecular formula is C23H18N4O4S. The number of aromatic hydroxyl groups is 1. The van der Waals surface area contributed by atoms with Crippen LogP contribution in [0.15, 0.2) is 110 Å². The second-order valence-electron chi connectivity index (χ2n) is 6.89. The minimum atomic E-state index is -4.23. The highest BCUT2D eigenvalue weighted by molar-refractivity contribution is 7.85. The molecule has 0 saturated carbocycles. The molecule has 0 bridgehead atoms. The van der Waals surface area contributed by atoms with Crippen LogP contribution in [0.25, 0.3) is 10.8 Å². The van der Waals surface area contributed by atoms with Gasteiger partial charge in [0.2, 0.25) is 0 Å². The van der Waals surface area contributed by atoms with Crippen molar-refractivity contribution in [3.8, 4) is 5.75 Å². The Hall–Kier alpha value is -3.95. The van der Waals surface area contributed by atoms with E-state index in [9.17, 15) is 13.5 Å². The summed E-state index contributed by atoms with van der Waals surface area (Å²) in [5, 5.41) is 28.5. The van der Waals surface area contributed by atoms with E-state index in [2.05, 4.69) is 20.5 Å². The zero-order valence-corrected chi connectivity index (χ0v) is 17.5. The van der Waals surface area contributed by atoms with Crippen molar-refractivity contribution in [3.63, 3.8) is 0 Å². The molecule has 0 aromatic heterocycles. The van der Waals surface area contributed by atoms with Crippen LogP contribution in [0.1, 0.15) is 5.56 Å². The van der Waals surface area contributed by atoms with Gasteiger partial charge in [-0.25, -0.2) is 0 Å². The Morgan fingerprint density at radius 2 is 1.34 bits per heavy atom. The Morgan fingerprint density at radius 1 is 0.719 bits per heavy atom. The van der Waals surface area contributed by atoms with Crippen LogP contribution in [0.3, 0.4) is 0 Å². The zero-order chi connectivity index (χ0) is 22.6. The number of phenols is 1. The summed E-state index contributed by atoms with van der Waals surface area (Å²) >= 11 is 0. The standard InChI is InChI=1S/C23H18N4O4S/c28-22-14-7-17-3-1-2-4-21(17)23(22)27-24-15-16-5-8-18(9-6-16)25-26-19-10-12-20(13-11-19)32(29,30)31/h1-14,28H,15H2,(H,29,30,31). The van der Waals surface area contributed by atoms with Crippen molar-refractivity contribution in [1.82, 2.24) is 0 Å². The van der Waals surface area contributed by atoms with Crippen LogP contribution in [0.2, 0.25) is 0 Å². The molecule has 0 fully saturated rings. The molecule has 0 aliphatic heterocycles. The van der Waals surface area contributed by atoms with Gasteiger partial charge >= 0.3 is 0 Å². The summed E-state index contributed by atoms with van der Waals surface area (Å²) < 4.78 is 31.1. The van der Waals surface area contributed by atoms with E-state index in [1.165, 1.54) is 24.3 Å². The lowest BCUT2D eigenvalue weighted by molar-refractivity contribution is 0.477. The minimum Gasteiger partial charge on any atom is -0.506 e. The van der Waals surface area contributed by atoms with Crippen LogP contribution in [0, 0.1) is 0 Å². The first-order valence-corrected chi connectivity index (χ1v) is 11.0. The molecule has 4 aromatic rings. The van der Waals surface area contributed by atoms with Gasteiger partial charge in [-0.3, -0.25) is 4.55 Å². The van der Waals surface area contributed by atoms with Crippen LogP contribution in [0.4, 0.5) is 17.1 Å². The highest BCUT2D eigenvalue weighted by Gasteiger charge is 2.08. The van der Waals surface area contributed by atoms with Crippen LogP contribution < -0.4 is 0 Å². The van der Waals surface area contributed by atoms with E-state index in [0.29, 0.717) is 23.6 Å². The van der Waals surface area contributed by atoms with E-state index < -0.39 is 10.1 Å². The molecule has 0 heterocycles. The second kappa shape index (κ2) is 9.04. The van der Waals surface area contributed by atoms with Gasteiger partial charge in [0.05, 0.1) is 22.8 Å². The summed E-state index contributed by atoms with van der Waals surface area (Å²) in [6.45, 7) is 0.331. The third-order valence-electron chi connectivity index (χ3n) is 4.66. The van der Waals surface area contributed by atoms with Gasteiger partial charge in [-0.15, -0.1) is 0 Å². The number of nitrogens with zero attached hydrogens (tertiary/aromatic N) is 4. The molecule has 9 heteroatoms. The Labute approximate surface area is 184 Å². The highest BCUT2D eigenvalue weighted by atomic mass is 32.2. The molecule has 8 nitrogen and oxygen atoms in total. The van der Waals surface area contributed by atoms with Crippen molar-refractivity contribution in [2.75, 3.05) is 0 Å². The first-order valence-electron chi connectivity index (χ1n) is 9.57. The van der Waals surface area contributed by atoms with Crippen molar-refractivity contribution >= 4 is 38.0 Å². The molecule has 0 aliphatic rings. The number of rotatable bonds is 6. The number of fused-ring (bicyclic) bond motifs is 1. The van der Waals surface area contributed by atoms with E-state index >= 15 is 0 Å². The molecule has 0 spiro atoms. The summed E-state index contributed by atoms with van der Waals surface area (Å²) in [6, 6.07) is 23.7. The van der Waals surface area contributed by atoms with Crippen LogP contribution in [-0.2, 0) is 16.7 Å². The number of phenolic OH excluding ortho intramolecular Hbond substituents is 1. The molecule has 2 N–H and O–H groups in total. The quantitative estimate of drug-likeness (QED) is 0.259. The summed E-state index contributed by atoms with van der Waals surface area (Å²) in [6.07, 6.45) is 0. The third-order valence-corrected chi connectivity index (χ3v) is 5.52. The van der Waals surface area contributed by atoms with Crippen molar-refractivity contribution in [2.45, 2.75) is 11.4 Å². The van der Waals surface area contributed by atoms with Crippen LogP contribution in [-0.4, -0.2) is 18.1 Å². The monoisotopic (exact) mass is 446 g/mol. The first kappa shape index (κ1) is 21.3. The number of hydrogen-bond donors (Lipinski definition) is 2. The van der Waals surface area contributed by atoms with Gasteiger partial charge in [0.25, 0.3) is 10.1 Å². The third kappa shape index (κ3) is 5.02. The van der Waals surface area contributed by atoms with Crippen molar-refractivity contribution in [1.29, 1.82) is 0 Å². The molecule has 0 radical (unpaired) electrons. The first-order chi connectivity index (χ1) is 15.4. The molecule has 0 amide bonds. The van der Waals surface area contributed by atoms with Gasteiger partial charge in [-0.2, -0.15) is 28.9 Å². The molecule has 0 unspecified atom stereocenters. The molecule has 160 valence electrons. The van der Waals surface area contributed by atoms with Gasteiger partial charge < -0.3 is 5.11 Å². The van der Waals surface area contributed by atoms with Gasteiger partial charge in [-0.1, -0.05) is 42.5 Å². The summed E-state index contributed by atoms with van der Waals surface area (Å²) in [5.41, 5.74) is 2.40. The van der Waals surface area contributed by atoms with E-state index in [1.54, 1.807) is 18.2 Å². The summed E-state index contributed by atoms with van der Waals surface area (Å²) in [5.74, 6) is 0.0767. The average molecular weight is 446 g/mol. The number of benzene rings is 4. The topological polar surface area (TPSA) is 124 Å².